The molecular formula is C17H23N3O2. The molecule has 1 atom stereocenters. The Labute approximate surface area is 130 Å². The van der Waals surface area contributed by atoms with Gasteiger partial charge in [-0.2, -0.15) is 0 Å². The van der Waals surface area contributed by atoms with Crippen molar-refractivity contribution in [1.29, 1.82) is 0 Å². The number of amides is 1. The Hall–Kier alpha value is -2.14. The fourth-order valence-corrected chi connectivity index (χ4v) is 2.12. The topological polar surface area (TPSA) is 81.1 Å². The van der Waals surface area contributed by atoms with Gasteiger partial charge in [0, 0.05) is 5.69 Å². The van der Waals surface area contributed by atoms with E-state index >= 15 is 0 Å². The van der Waals surface area contributed by atoms with Crippen molar-refractivity contribution in [2.45, 2.75) is 46.1 Å². The summed E-state index contributed by atoms with van der Waals surface area (Å²) in [6.07, 6.45) is 4.23. The third kappa shape index (κ3) is 3.95. The van der Waals surface area contributed by atoms with Crippen molar-refractivity contribution in [2.24, 2.45) is 5.73 Å². The zero-order valence-electron chi connectivity index (χ0n) is 13.3. The molecule has 0 spiro atoms. The van der Waals surface area contributed by atoms with Crippen molar-refractivity contribution < 1.29 is 9.21 Å². The SMILES string of the molecule is CCCCC(N)c1nc(C(=O)Nc2ccc(C)c(C)c2)co1. The summed E-state index contributed by atoms with van der Waals surface area (Å²) in [5.74, 6) is 0.125. The standard InChI is InChI=1S/C17H23N3O2/c1-4-5-6-14(18)17-20-15(10-22-17)16(21)19-13-8-7-11(2)12(3)9-13/h7-10,14H,4-6,18H2,1-3H3,(H,19,21). The number of aryl methyl sites for hydroxylation is 2. The van der Waals surface area contributed by atoms with Crippen LogP contribution in [0.3, 0.4) is 0 Å². The van der Waals surface area contributed by atoms with E-state index in [9.17, 15) is 4.79 Å². The average molecular weight is 301 g/mol. The highest BCUT2D eigenvalue weighted by molar-refractivity contribution is 6.02. The van der Waals surface area contributed by atoms with E-state index in [0.29, 0.717) is 5.89 Å². The number of nitrogens with two attached hydrogens (primary N) is 1. The number of carbonyl (C=O) groups excluding carboxylic acids is 1. The highest BCUT2D eigenvalue weighted by Gasteiger charge is 2.17. The first kappa shape index (κ1) is 16.2. The van der Waals surface area contributed by atoms with Crippen molar-refractivity contribution in [3.63, 3.8) is 0 Å². The van der Waals surface area contributed by atoms with Crippen LogP contribution in [0.5, 0.6) is 0 Å². The maximum absolute atomic E-state index is 12.2. The van der Waals surface area contributed by atoms with Gasteiger partial charge in [0.15, 0.2) is 5.69 Å². The predicted molar refractivity (Wildman–Crippen MR) is 86.8 cm³/mol. The molecule has 0 bridgehead atoms. The van der Waals surface area contributed by atoms with Gasteiger partial charge in [0.1, 0.15) is 6.26 Å². The number of nitrogens with one attached hydrogen (secondary N) is 1. The normalized spacial score (nSPS) is 12.2. The number of hydrogen-bond donors (Lipinski definition) is 2. The number of hydrogen-bond acceptors (Lipinski definition) is 4. The highest BCUT2D eigenvalue weighted by atomic mass is 16.3. The summed E-state index contributed by atoms with van der Waals surface area (Å²) in [5, 5.41) is 2.82. The first-order valence-corrected chi connectivity index (χ1v) is 7.61. The molecule has 0 radical (unpaired) electrons. The third-order valence-electron chi connectivity index (χ3n) is 3.71. The lowest BCUT2D eigenvalue weighted by molar-refractivity contribution is 0.102. The molecule has 2 rings (SSSR count). The molecule has 0 fully saturated rings. The third-order valence-corrected chi connectivity index (χ3v) is 3.71. The minimum atomic E-state index is -0.291. The number of nitrogens with zero attached hydrogens (tertiary/aromatic N) is 1. The Balaban J connectivity index is 2.03. The number of rotatable bonds is 6. The fourth-order valence-electron chi connectivity index (χ4n) is 2.12. The largest absolute Gasteiger partial charge is 0.446 e. The number of benzene rings is 1. The van der Waals surface area contributed by atoms with Crippen molar-refractivity contribution in [1.82, 2.24) is 4.98 Å². The Morgan fingerprint density at radius 1 is 1.36 bits per heavy atom. The van der Waals surface area contributed by atoms with E-state index in [1.807, 2.05) is 32.0 Å². The van der Waals surface area contributed by atoms with Crippen LogP contribution < -0.4 is 11.1 Å². The van der Waals surface area contributed by atoms with Crippen LogP contribution in [0.1, 0.15) is 59.7 Å². The van der Waals surface area contributed by atoms with Crippen LogP contribution in [0.4, 0.5) is 5.69 Å². The molecule has 2 aromatic rings. The average Bonchev–Trinajstić information content (AvgIpc) is 2.98. The Morgan fingerprint density at radius 3 is 2.82 bits per heavy atom. The van der Waals surface area contributed by atoms with Crippen molar-refractivity contribution in [3.8, 4) is 0 Å². The second kappa shape index (κ2) is 7.22. The van der Waals surface area contributed by atoms with Crippen molar-refractivity contribution >= 4 is 11.6 Å². The number of carbonyl (C=O) groups is 1. The van der Waals surface area contributed by atoms with Gasteiger partial charge in [-0.25, -0.2) is 4.98 Å². The number of aromatic nitrogens is 1. The lowest BCUT2D eigenvalue weighted by Crippen LogP contribution is -2.14. The fraction of sp³-hybridized carbons (Fsp3) is 0.412. The molecule has 118 valence electrons. The van der Waals surface area contributed by atoms with Gasteiger partial charge in [0.25, 0.3) is 5.91 Å². The monoisotopic (exact) mass is 301 g/mol. The van der Waals surface area contributed by atoms with Gasteiger partial charge >= 0.3 is 0 Å². The van der Waals surface area contributed by atoms with Crippen LogP contribution in [0.15, 0.2) is 28.9 Å². The lowest BCUT2D eigenvalue weighted by atomic mass is 10.1. The molecule has 0 aliphatic rings. The molecule has 5 heteroatoms. The quantitative estimate of drug-likeness (QED) is 0.851. The summed E-state index contributed by atoms with van der Waals surface area (Å²) in [4.78, 5) is 16.4. The molecular weight excluding hydrogens is 278 g/mol. The molecule has 1 aromatic carbocycles. The van der Waals surface area contributed by atoms with Gasteiger partial charge in [-0.05, 0) is 43.5 Å². The molecule has 0 aliphatic heterocycles. The lowest BCUT2D eigenvalue weighted by Gasteiger charge is -2.06. The van der Waals surface area contributed by atoms with Crippen LogP contribution in [-0.2, 0) is 0 Å². The first-order chi connectivity index (χ1) is 10.5. The van der Waals surface area contributed by atoms with Gasteiger partial charge in [-0.1, -0.05) is 25.8 Å². The molecule has 5 nitrogen and oxygen atoms in total. The molecule has 1 amide bonds. The summed E-state index contributed by atoms with van der Waals surface area (Å²) in [5.41, 5.74) is 9.30. The summed E-state index contributed by atoms with van der Waals surface area (Å²) < 4.78 is 5.33. The van der Waals surface area contributed by atoms with Crippen molar-refractivity contribution in [2.75, 3.05) is 5.32 Å². The summed E-state index contributed by atoms with van der Waals surface area (Å²) >= 11 is 0. The Morgan fingerprint density at radius 2 is 2.14 bits per heavy atom. The van der Waals surface area contributed by atoms with E-state index in [0.717, 1.165) is 30.5 Å². The minimum absolute atomic E-state index is 0.250. The van der Waals surface area contributed by atoms with Gasteiger partial charge in [-0.3, -0.25) is 4.79 Å². The molecule has 1 unspecified atom stereocenters. The molecule has 1 aromatic heterocycles. The molecule has 3 N–H and O–H groups in total. The summed E-state index contributed by atoms with van der Waals surface area (Å²) in [7, 11) is 0. The maximum Gasteiger partial charge on any atom is 0.277 e. The van der Waals surface area contributed by atoms with E-state index in [1.165, 1.54) is 11.8 Å². The Bertz CT molecular complexity index is 649. The van der Waals surface area contributed by atoms with E-state index in [4.69, 9.17) is 10.2 Å². The smallest absolute Gasteiger partial charge is 0.277 e. The second-order valence-electron chi connectivity index (χ2n) is 5.57. The number of anilines is 1. The van der Waals surface area contributed by atoms with E-state index in [1.54, 1.807) is 0 Å². The van der Waals surface area contributed by atoms with Crippen LogP contribution in [0.25, 0.3) is 0 Å². The zero-order valence-corrected chi connectivity index (χ0v) is 13.3. The van der Waals surface area contributed by atoms with Crippen molar-refractivity contribution in [3.05, 3.63) is 47.2 Å². The molecule has 0 saturated heterocycles. The molecule has 0 saturated carbocycles. The zero-order chi connectivity index (χ0) is 16.1. The van der Waals surface area contributed by atoms with Gasteiger partial charge in [0.05, 0.1) is 6.04 Å². The maximum atomic E-state index is 12.2. The highest BCUT2D eigenvalue weighted by Crippen LogP contribution is 2.18. The second-order valence-corrected chi connectivity index (χ2v) is 5.57. The van der Waals surface area contributed by atoms with Crippen LogP contribution in [0, 0.1) is 13.8 Å². The molecule has 0 aliphatic carbocycles. The summed E-state index contributed by atoms with van der Waals surface area (Å²) in [6.45, 7) is 6.14. The predicted octanol–water partition coefficient (Wildman–Crippen LogP) is 3.73. The van der Waals surface area contributed by atoms with Gasteiger partial charge in [-0.15, -0.1) is 0 Å². The van der Waals surface area contributed by atoms with Crippen LogP contribution in [0.2, 0.25) is 0 Å². The van der Waals surface area contributed by atoms with E-state index in [-0.39, 0.29) is 17.6 Å². The van der Waals surface area contributed by atoms with Crippen LogP contribution >= 0.6 is 0 Å². The van der Waals surface area contributed by atoms with E-state index < -0.39 is 0 Å². The number of unbranched alkanes of at least 4 members (excludes halogenated alkanes) is 1. The molecule has 1 heterocycles. The van der Waals surface area contributed by atoms with Gasteiger partial charge in [0.2, 0.25) is 5.89 Å². The summed E-state index contributed by atoms with van der Waals surface area (Å²) in [6, 6.07) is 5.51. The van der Waals surface area contributed by atoms with Crippen LogP contribution in [-0.4, -0.2) is 10.9 Å². The van der Waals surface area contributed by atoms with Gasteiger partial charge < -0.3 is 15.5 Å². The molecule has 22 heavy (non-hydrogen) atoms. The Kier molecular flexibility index (Phi) is 5.33. The number of oxazole rings is 1. The minimum Gasteiger partial charge on any atom is -0.446 e. The van der Waals surface area contributed by atoms with E-state index in [2.05, 4.69) is 17.2 Å². The first-order valence-electron chi connectivity index (χ1n) is 7.61.